The number of aliphatic hydroxyl groups is 1. The number of thiazole rings is 1. The van der Waals surface area contributed by atoms with Crippen LogP contribution in [0.3, 0.4) is 0 Å². The van der Waals surface area contributed by atoms with Gasteiger partial charge >= 0.3 is 0 Å². The molecule has 3 rings (SSSR count). The SMILES string of the molecule is O=C(c1cnc(-c2ccsc2)s1)N1CC[C@H](O)C1. The second kappa shape index (κ2) is 4.79. The summed E-state index contributed by atoms with van der Waals surface area (Å²) in [7, 11) is 0. The Kier molecular flexibility index (Phi) is 3.15. The smallest absolute Gasteiger partial charge is 0.265 e. The second-order valence-electron chi connectivity index (χ2n) is 4.24. The van der Waals surface area contributed by atoms with Crippen LogP contribution < -0.4 is 0 Å². The summed E-state index contributed by atoms with van der Waals surface area (Å²) >= 11 is 3.03. The maximum Gasteiger partial charge on any atom is 0.265 e. The van der Waals surface area contributed by atoms with Crippen LogP contribution in [0.15, 0.2) is 23.0 Å². The van der Waals surface area contributed by atoms with Gasteiger partial charge in [-0.1, -0.05) is 0 Å². The van der Waals surface area contributed by atoms with Crippen molar-refractivity contribution in [3.8, 4) is 10.6 Å². The van der Waals surface area contributed by atoms with E-state index < -0.39 is 0 Å². The highest BCUT2D eigenvalue weighted by Gasteiger charge is 2.26. The number of carbonyl (C=O) groups excluding carboxylic acids is 1. The van der Waals surface area contributed by atoms with Gasteiger partial charge in [0.05, 0.1) is 12.3 Å². The Morgan fingerprint density at radius 2 is 2.44 bits per heavy atom. The van der Waals surface area contributed by atoms with Crippen molar-refractivity contribution >= 4 is 28.6 Å². The minimum absolute atomic E-state index is 0.0227. The molecule has 0 aromatic carbocycles. The van der Waals surface area contributed by atoms with E-state index in [4.69, 9.17) is 0 Å². The summed E-state index contributed by atoms with van der Waals surface area (Å²) in [6.45, 7) is 1.07. The Hall–Kier alpha value is -1.24. The molecule has 4 nitrogen and oxygen atoms in total. The minimum atomic E-state index is -0.377. The lowest BCUT2D eigenvalue weighted by Gasteiger charge is -2.13. The molecule has 94 valence electrons. The lowest BCUT2D eigenvalue weighted by molar-refractivity contribution is 0.0769. The van der Waals surface area contributed by atoms with E-state index in [9.17, 15) is 9.90 Å². The molecule has 1 amide bonds. The van der Waals surface area contributed by atoms with Gasteiger partial charge in [-0.2, -0.15) is 11.3 Å². The zero-order valence-electron chi connectivity index (χ0n) is 9.57. The molecular weight excluding hydrogens is 268 g/mol. The van der Waals surface area contributed by atoms with E-state index in [0.717, 1.165) is 10.6 Å². The van der Waals surface area contributed by atoms with E-state index in [2.05, 4.69) is 4.98 Å². The predicted octanol–water partition coefficient (Wildman–Crippen LogP) is 2.08. The van der Waals surface area contributed by atoms with E-state index in [0.29, 0.717) is 24.4 Å². The third-order valence-corrected chi connectivity index (χ3v) is 4.65. The Balaban J connectivity index is 1.79. The summed E-state index contributed by atoms with van der Waals surface area (Å²) in [5.74, 6) is -0.0227. The summed E-state index contributed by atoms with van der Waals surface area (Å²) < 4.78 is 0. The highest BCUT2D eigenvalue weighted by molar-refractivity contribution is 7.17. The van der Waals surface area contributed by atoms with Crippen LogP contribution in [0, 0.1) is 0 Å². The van der Waals surface area contributed by atoms with E-state index in [1.54, 1.807) is 22.4 Å². The average Bonchev–Trinajstić information content (AvgIpc) is 3.09. The molecule has 2 aromatic heterocycles. The van der Waals surface area contributed by atoms with Gasteiger partial charge in [0.2, 0.25) is 0 Å². The largest absolute Gasteiger partial charge is 0.391 e. The molecule has 0 saturated carbocycles. The quantitative estimate of drug-likeness (QED) is 0.916. The lowest BCUT2D eigenvalue weighted by Crippen LogP contribution is -2.28. The number of thiophene rings is 1. The molecule has 2 aromatic rings. The Bertz CT molecular complexity index is 550. The van der Waals surface area contributed by atoms with E-state index in [1.807, 2.05) is 16.8 Å². The standard InChI is InChI=1S/C12H12N2O2S2/c15-9-1-3-14(6-9)12(16)10-5-13-11(18-10)8-2-4-17-7-8/h2,4-5,7,9,15H,1,3,6H2/t9-/m0/s1. The number of carbonyl (C=O) groups is 1. The number of aromatic nitrogens is 1. The molecule has 18 heavy (non-hydrogen) atoms. The molecule has 0 aliphatic carbocycles. The fourth-order valence-corrected chi connectivity index (χ4v) is 3.57. The predicted molar refractivity (Wildman–Crippen MR) is 72.0 cm³/mol. The monoisotopic (exact) mass is 280 g/mol. The van der Waals surface area contributed by atoms with Crippen molar-refractivity contribution in [3.05, 3.63) is 27.9 Å². The highest BCUT2D eigenvalue weighted by Crippen LogP contribution is 2.28. The Morgan fingerprint density at radius 3 is 3.11 bits per heavy atom. The van der Waals surface area contributed by atoms with Crippen molar-refractivity contribution in [2.75, 3.05) is 13.1 Å². The number of nitrogens with zero attached hydrogens (tertiary/aromatic N) is 2. The number of aliphatic hydroxyl groups excluding tert-OH is 1. The van der Waals surface area contributed by atoms with Gasteiger partial charge in [0, 0.05) is 24.0 Å². The van der Waals surface area contributed by atoms with Gasteiger partial charge in [0.1, 0.15) is 9.88 Å². The maximum atomic E-state index is 12.2. The first-order chi connectivity index (χ1) is 8.74. The van der Waals surface area contributed by atoms with Crippen LogP contribution in [0.25, 0.3) is 10.6 Å². The summed E-state index contributed by atoms with van der Waals surface area (Å²) in [5, 5.41) is 14.3. The molecule has 3 heterocycles. The normalized spacial score (nSPS) is 19.4. The van der Waals surface area contributed by atoms with Gasteiger partial charge in [-0.3, -0.25) is 4.79 Å². The topological polar surface area (TPSA) is 53.4 Å². The zero-order chi connectivity index (χ0) is 12.5. The molecular formula is C12H12N2O2S2. The lowest BCUT2D eigenvalue weighted by atomic mass is 10.3. The molecule has 0 radical (unpaired) electrons. The molecule has 1 aliphatic rings. The molecule has 1 aliphatic heterocycles. The first-order valence-corrected chi connectivity index (χ1v) is 7.46. The van der Waals surface area contributed by atoms with Crippen LogP contribution in [0.2, 0.25) is 0 Å². The number of likely N-dealkylation sites (tertiary alicyclic amines) is 1. The van der Waals surface area contributed by atoms with Crippen LogP contribution >= 0.6 is 22.7 Å². The van der Waals surface area contributed by atoms with Crippen molar-refractivity contribution in [1.29, 1.82) is 0 Å². The molecule has 6 heteroatoms. The van der Waals surface area contributed by atoms with E-state index in [-0.39, 0.29) is 12.0 Å². The molecule has 0 spiro atoms. The van der Waals surface area contributed by atoms with E-state index in [1.165, 1.54) is 11.3 Å². The average molecular weight is 280 g/mol. The maximum absolute atomic E-state index is 12.2. The van der Waals surface area contributed by atoms with Gasteiger partial charge in [-0.15, -0.1) is 11.3 Å². The molecule has 0 unspecified atom stereocenters. The number of hydrogen-bond donors (Lipinski definition) is 1. The summed E-state index contributed by atoms with van der Waals surface area (Å²) in [5.41, 5.74) is 1.06. The van der Waals surface area contributed by atoms with Crippen LogP contribution in [0.5, 0.6) is 0 Å². The summed E-state index contributed by atoms with van der Waals surface area (Å²) in [6, 6.07) is 2.00. The number of rotatable bonds is 2. The van der Waals surface area contributed by atoms with Gasteiger partial charge in [0.25, 0.3) is 5.91 Å². The van der Waals surface area contributed by atoms with Crippen LogP contribution in [0.1, 0.15) is 16.1 Å². The van der Waals surface area contributed by atoms with Crippen molar-refractivity contribution < 1.29 is 9.90 Å². The first kappa shape index (κ1) is 11.8. The third kappa shape index (κ3) is 2.19. The Labute approximate surface area is 113 Å². The summed E-state index contributed by atoms with van der Waals surface area (Å²) in [6.07, 6.45) is 1.92. The van der Waals surface area contributed by atoms with Crippen molar-refractivity contribution in [2.24, 2.45) is 0 Å². The third-order valence-electron chi connectivity index (χ3n) is 2.94. The number of hydrogen-bond acceptors (Lipinski definition) is 5. The molecule has 0 bridgehead atoms. The first-order valence-electron chi connectivity index (χ1n) is 5.70. The van der Waals surface area contributed by atoms with Crippen molar-refractivity contribution in [1.82, 2.24) is 9.88 Å². The molecule has 1 fully saturated rings. The molecule has 1 saturated heterocycles. The fraction of sp³-hybridized carbons (Fsp3) is 0.333. The summed E-state index contributed by atoms with van der Waals surface area (Å²) in [4.78, 5) is 18.8. The van der Waals surface area contributed by atoms with Crippen LogP contribution in [-0.4, -0.2) is 40.1 Å². The molecule has 1 N–H and O–H groups in total. The number of β-amino-alcohol motifs (C(OH)–C–C–N with tert-alkyl or cyclic N) is 1. The molecule has 1 atom stereocenters. The van der Waals surface area contributed by atoms with Gasteiger partial charge in [-0.05, 0) is 17.9 Å². The van der Waals surface area contributed by atoms with Crippen LogP contribution in [-0.2, 0) is 0 Å². The van der Waals surface area contributed by atoms with Crippen molar-refractivity contribution in [3.63, 3.8) is 0 Å². The number of amides is 1. The Morgan fingerprint density at radius 1 is 1.56 bits per heavy atom. The van der Waals surface area contributed by atoms with E-state index >= 15 is 0 Å². The second-order valence-corrected chi connectivity index (χ2v) is 6.05. The minimum Gasteiger partial charge on any atom is -0.391 e. The highest BCUT2D eigenvalue weighted by atomic mass is 32.1. The fourth-order valence-electron chi connectivity index (χ4n) is 1.97. The zero-order valence-corrected chi connectivity index (χ0v) is 11.2. The van der Waals surface area contributed by atoms with Gasteiger partial charge in [0.15, 0.2) is 0 Å². The van der Waals surface area contributed by atoms with Crippen molar-refractivity contribution in [2.45, 2.75) is 12.5 Å². The van der Waals surface area contributed by atoms with Gasteiger partial charge in [-0.25, -0.2) is 4.98 Å². The van der Waals surface area contributed by atoms with Gasteiger partial charge < -0.3 is 10.0 Å². The van der Waals surface area contributed by atoms with Crippen LogP contribution in [0.4, 0.5) is 0 Å².